The molecule has 2 aromatic carbocycles. The Kier molecular flexibility index (Phi) is 7.66. The van der Waals surface area contributed by atoms with Crippen LogP contribution in [0, 0.1) is 0 Å². The summed E-state index contributed by atoms with van der Waals surface area (Å²) in [4.78, 5) is 4.13. The third-order valence-electron chi connectivity index (χ3n) is 3.78. The van der Waals surface area contributed by atoms with E-state index in [9.17, 15) is 8.78 Å². The number of alkyl halides is 2. The molecule has 0 amide bonds. The molecule has 0 aliphatic rings. The molecule has 0 bridgehead atoms. The van der Waals surface area contributed by atoms with Crippen LogP contribution in [0.4, 0.5) is 8.78 Å². The van der Waals surface area contributed by atoms with Gasteiger partial charge >= 0.3 is 6.61 Å². The number of nitrogens with one attached hydrogen (secondary N) is 2. The maximum atomic E-state index is 12.6. The molecule has 0 saturated carbocycles. The molecule has 2 N–H and O–H groups in total. The molecule has 2 aromatic rings. The average Bonchev–Trinajstić information content (AvgIpc) is 2.68. The van der Waals surface area contributed by atoms with E-state index in [1.807, 2.05) is 24.3 Å². The van der Waals surface area contributed by atoms with Crippen molar-refractivity contribution >= 4 is 5.96 Å². The third-order valence-corrected chi connectivity index (χ3v) is 3.78. The predicted octanol–water partition coefficient (Wildman–Crippen LogP) is 3.17. The predicted molar refractivity (Wildman–Crippen MR) is 99.7 cm³/mol. The fourth-order valence-corrected chi connectivity index (χ4v) is 2.34. The van der Waals surface area contributed by atoms with Gasteiger partial charge in [0.2, 0.25) is 0 Å². The summed E-state index contributed by atoms with van der Waals surface area (Å²) in [6.45, 7) is -2.11. The SMILES string of the molecule is CN=C(NCc1ccc(OC)cc1)NCc1ccc(OC)cc1OC(F)F. The summed E-state index contributed by atoms with van der Waals surface area (Å²) in [5.41, 5.74) is 1.61. The van der Waals surface area contributed by atoms with Crippen molar-refractivity contribution in [3.05, 3.63) is 53.6 Å². The lowest BCUT2D eigenvalue weighted by Crippen LogP contribution is -2.36. The lowest BCUT2D eigenvalue weighted by atomic mass is 10.2. The smallest absolute Gasteiger partial charge is 0.387 e. The van der Waals surface area contributed by atoms with Gasteiger partial charge in [-0.1, -0.05) is 12.1 Å². The highest BCUT2D eigenvalue weighted by molar-refractivity contribution is 5.79. The molecule has 0 radical (unpaired) electrons. The van der Waals surface area contributed by atoms with Crippen molar-refractivity contribution < 1.29 is 23.0 Å². The van der Waals surface area contributed by atoms with E-state index in [-0.39, 0.29) is 12.3 Å². The van der Waals surface area contributed by atoms with E-state index >= 15 is 0 Å². The Morgan fingerprint density at radius 3 is 2.19 bits per heavy atom. The van der Waals surface area contributed by atoms with E-state index in [0.717, 1.165) is 11.3 Å². The molecule has 0 aromatic heterocycles. The van der Waals surface area contributed by atoms with Crippen LogP contribution in [0.2, 0.25) is 0 Å². The lowest BCUT2D eigenvalue weighted by Gasteiger charge is -2.15. The summed E-state index contributed by atoms with van der Waals surface area (Å²) in [7, 11) is 4.71. The van der Waals surface area contributed by atoms with Crippen LogP contribution >= 0.6 is 0 Å². The molecule has 0 fully saturated rings. The van der Waals surface area contributed by atoms with Gasteiger partial charge in [-0.2, -0.15) is 8.78 Å². The van der Waals surface area contributed by atoms with Gasteiger partial charge in [0.1, 0.15) is 17.2 Å². The summed E-state index contributed by atoms with van der Waals surface area (Å²) in [5, 5.41) is 6.24. The van der Waals surface area contributed by atoms with E-state index in [4.69, 9.17) is 9.47 Å². The number of hydrogen-bond acceptors (Lipinski definition) is 4. The van der Waals surface area contributed by atoms with Crippen LogP contribution in [0.1, 0.15) is 11.1 Å². The van der Waals surface area contributed by atoms with Crippen molar-refractivity contribution in [1.82, 2.24) is 10.6 Å². The Balaban J connectivity index is 1.96. The molecule has 0 unspecified atom stereocenters. The molecule has 0 aliphatic heterocycles. The number of rotatable bonds is 8. The number of guanidine groups is 1. The zero-order chi connectivity index (χ0) is 19.6. The first-order valence-corrected chi connectivity index (χ1v) is 8.25. The maximum Gasteiger partial charge on any atom is 0.387 e. The number of nitrogens with zero attached hydrogens (tertiary/aromatic N) is 1. The molecule has 0 spiro atoms. The van der Waals surface area contributed by atoms with Crippen LogP contribution in [0.5, 0.6) is 17.2 Å². The maximum absolute atomic E-state index is 12.6. The van der Waals surface area contributed by atoms with Gasteiger partial charge in [0.25, 0.3) is 0 Å². The number of halogens is 2. The highest BCUT2D eigenvalue weighted by atomic mass is 19.3. The quantitative estimate of drug-likeness (QED) is 0.545. The zero-order valence-corrected chi connectivity index (χ0v) is 15.5. The normalized spacial score (nSPS) is 11.3. The van der Waals surface area contributed by atoms with Crippen LogP contribution in [-0.4, -0.2) is 33.8 Å². The molecule has 0 heterocycles. The molecular formula is C19H23F2N3O3. The van der Waals surface area contributed by atoms with E-state index in [2.05, 4.69) is 20.4 Å². The van der Waals surface area contributed by atoms with Crippen molar-refractivity contribution in [2.24, 2.45) is 4.99 Å². The first-order valence-electron chi connectivity index (χ1n) is 8.25. The van der Waals surface area contributed by atoms with Crippen molar-refractivity contribution in [2.45, 2.75) is 19.7 Å². The highest BCUT2D eigenvalue weighted by Crippen LogP contribution is 2.26. The Hall–Kier alpha value is -3.03. The van der Waals surface area contributed by atoms with E-state index in [1.165, 1.54) is 13.2 Å². The van der Waals surface area contributed by atoms with Crippen LogP contribution in [0.15, 0.2) is 47.5 Å². The molecule has 8 heteroatoms. The number of hydrogen-bond donors (Lipinski definition) is 2. The molecule has 6 nitrogen and oxygen atoms in total. The van der Waals surface area contributed by atoms with Gasteiger partial charge in [-0.25, -0.2) is 0 Å². The second kappa shape index (κ2) is 10.2. The highest BCUT2D eigenvalue weighted by Gasteiger charge is 2.12. The molecule has 146 valence electrons. The third kappa shape index (κ3) is 6.32. The molecule has 0 saturated heterocycles. The molecule has 0 aliphatic carbocycles. The van der Waals surface area contributed by atoms with E-state index < -0.39 is 6.61 Å². The minimum atomic E-state index is -2.91. The zero-order valence-electron chi connectivity index (χ0n) is 15.5. The van der Waals surface area contributed by atoms with Gasteiger partial charge in [0, 0.05) is 31.8 Å². The van der Waals surface area contributed by atoms with Crippen molar-refractivity contribution in [3.63, 3.8) is 0 Å². The Bertz CT molecular complexity index is 752. The van der Waals surface area contributed by atoms with Gasteiger partial charge in [0.05, 0.1) is 14.2 Å². The fraction of sp³-hybridized carbons (Fsp3) is 0.316. The van der Waals surface area contributed by atoms with Gasteiger partial charge < -0.3 is 24.8 Å². The van der Waals surface area contributed by atoms with Crippen molar-refractivity contribution in [2.75, 3.05) is 21.3 Å². The largest absolute Gasteiger partial charge is 0.497 e. The molecule has 2 rings (SSSR count). The molecule has 27 heavy (non-hydrogen) atoms. The first kappa shape index (κ1) is 20.3. The second-order valence-corrected chi connectivity index (χ2v) is 5.48. The van der Waals surface area contributed by atoms with Gasteiger partial charge in [-0.15, -0.1) is 0 Å². The summed E-state index contributed by atoms with van der Waals surface area (Å²) in [6, 6.07) is 12.4. The Morgan fingerprint density at radius 1 is 0.963 bits per heavy atom. The second-order valence-electron chi connectivity index (χ2n) is 5.48. The van der Waals surface area contributed by atoms with E-state index in [0.29, 0.717) is 23.8 Å². The summed E-state index contributed by atoms with van der Waals surface area (Å²) >= 11 is 0. The lowest BCUT2D eigenvalue weighted by molar-refractivity contribution is -0.0505. The minimum Gasteiger partial charge on any atom is -0.497 e. The van der Waals surface area contributed by atoms with Crippen LogP contribution in [0.3, 0.4) is 0 Å². The average molecular weight is 379 g/mol. The monoisotopic (exact) mass is 379 g/mol. The topological polar surface area (TPSA) is 64.1 Å². The molecular weight excluding hydrogens is 356 g/mol. The van der Waals surface area contributed by atoms with Crippen molar-refractivity contribution in [3.8, 4) is 17.2 Å². The summed E-state index contributed by atoms with van der Waals surface area (Å²) in [5.74, 6) is 1.82. The fourth-order valence-electron chi connectivity index (χ4n) is 2.34. The van der Waals surface area contributed by atoms with Crippen molar-refractivity contribution in [1.29, 1.82) is 0 Å². The van der Waals surface area contributed by atoms with Crippen LogP contribution in [-0.2, 0) is 13.1 Å². The summed E-state index contributed by atoms with van der Waals surface area (Å²) < 4.78 is 40.0. The molecule has 0 atom stereocenters. The van der Waals surface area contributed by atoms with Gasteiger partial charge in [-0.3, -0.25) is 4.99 Å². The number of methoxy groups -OCH3 is 2. The first-order chi connectivity index (χ1) is 13.0. The van der Waals surface area contributed by atoms with Crippen LogP contribution < -0.4 is 24.8 Å². The summed E-state index contributed by atoms with van der Waals surface area (Å²) in [6.07, 6.45) is 0. The Labute approximate surface area is 157 Å². The number of aliphatic imine (C=N–C) groups is 1. The Morgan fingerprint density at radius 2 is 1.59 bits per heavy atom. The van der Waals surface area contributed by atoms with Gasteiger partial charge in [0.15, 0.2) is 5.96 Å². The standard InChI is InChI=1S/C19H23F2N3O3/c1-22-19(23-11-13-4-7-15(25-2)8-5-13)24-12-14-6-9-16(26-3)10-17(14)27-18(20)21/h4-10,18H,11-12H2,1-3H3,(H2,22,23,24). The van der Waals surface area contributed by atoms with Crippen LogP contribution in [0.25, 0.3) is 0 Å². The van der Waals surface area contributed by atoms with E-state index in [1.54, 1.807) is 26.3 Å². The number of ether oxygens (including phenoxy) is 3. The minimum absolute atomic E-state index is 0.0578. The number of benzene rings is 2. The van der Waals surface area contributed by atoms with Gasteiger partial charge in [-0.05, 0) is 29.8 Å².